The van der Waals surface area contributed by atoms with Crippen molar-refractivity contribution >= 4 is 12.0 Å². The fraction of sp³-hybridized carbons (Fsp3) is 0.143. The minimum absolute atomic E-state index is 0.0888. The fourth-order valence-corrected chi connectivity index (χ4v) is 0.776. The highest BCUT2D eigenvalue weighted by atomic mass is 16.6. The van der Waals surface area contributed by atoms with Crippen LogP contribution in [0.4, 0.5) is 5.88 Å². The van der Waals surface area contributed by atoms with Crippen molar-refractivity contribution in [2.45, 2.75) is 6.92 Å². The summed E-state index contributed by atoms with van der Waals surface area (Å²) >= 11 is 0. The van der Waals surface area contributed by atoms with Crippen LogP contribution in [0.5, 0.6) is 0 Å². The molecule has 0 bridgehead atoms. The number of hydrogen-bond acceptors (Lipinski definition) is 5. The summed E-state index contributed by atoms with van der Waals surface area (Å²) in [6.45, 7) is 1.27. The van der Waals surface area contributed by atoms with E-state index in [1.54, 1.807) is 0 Å². The van der Waals surface area contributed by atoms with Gasteiger partial charge in [-0.05, 0) is 6.07 Å². The third-order valence-corrected chi connectivity index (χ3v) is 1.43. The van der Waals surface area contributed by atoms with Gasteiger partial charge in [-0.1, -0.05) is 0 Å². The Bertz CT molecular complexity index is 406. The molecular weight excluding hydrogens is 192 g/mol. The van der Waals surface area contributed by atoms with Crippen molar-refractivity contribution in [2.75, 3.05) is 0 Å². The molecule has 0 fully saturated rings. The van der Waals surface area contributed by atoms with Crippen LogP contribution in [0.3, 0.4) is 0 Å². The Hall–Kier alpha value is -2.18. The summed E-state index contributed by atoms with van der Waals surface area (Å²) in [7, 11) is 0. The maximum absolute atomic E-state index is 10.2. The van der Waals surface area contributed by atoms with Gasteiger partial charge in [0, 0.05) is 6.92 Å². The number of furan rings is 1. The van der Waals surface area contributed by atoms with Crippen LogP contribution in [0.2, 0.25) is 0 Å². The van der Waals surface area contributed by atoms with Crippen LogP contribution in [-0.2, 0) is 0 Å². The van der Waals surface area contributed by atoms with Gasteiger partial charge in [0.25, 0.3) is 0 Å². The van der Waals surface area contributed by atoms with Gasteiger partial charge in [0.05, 0.1) is 17.1 Å². The third-order valence-electron chi connectivity index (χ3n) is 1.43. The second-order valence-corrected chi connectivity index (χ2v) is 2.48. The van der Waals surface area contributed by atoms with E-state index in [0.29, 0.717) is 0 Å². The largest absolute Gasteiger partial charge is 0.433 e. The predicted molar refractivity (Wildman–Crippen MR) is 46.0 cm³/mol. The Morgan fingerprint density at radius 2 is 2.07 bits per heavy atom. The fourth-order valence-electron chi connectivity index (χ4n) is 0.776. The van der Waals surface area contributed by atoms with E-state index in [2.05, 4.69) is 4.42 Å². The zero-order valence-corrected chi connectivity index (χ0v) is 7.17. The van der Waals surface area contributed by atoms with Crippen molar-refractivity contribution in [3.63, 3.8) is 0 Å². The van der Waals surface area contributed by atoms with E-state index >= 15 is 0 Å². The Kier molecular flexibility index (Phi) is 2.61. The lowest BCUT2D eigenvalue weighted by Gasteiger charge is -1.87. The monoisotopic (exact) mass is 198 g/mol. The molecule has 0 amide bonds. The topological polar surface area (TPSA) is 99.4 Å². The maximum Gasteiger partial charge on any atom is 0.433 e. The highest BCUT2D eigenvalue weighted by Gasteiger charge is 2.12. The number of rotatable bonds is 3. The molecule has 1 aromatic heterocycles. The van der Waals surface area contributed by atoms with Crippen LogP contribution in [0.1, 0.15) is 12.7 Å². The van der Waals surface area contributed by atoms with Gasteiger partial charge in [0.15, 0.2) is 0 Å². The van der Waals surface area contributed by atoms with E-state index in [1.807, 2.05) is 0 Å². The molecule has 7 nitrogen and oxygen atoms in total. The molecule has 0 radical (unpaired) electrons. The zero-order valence-electron chi connectivity index (χ0n) is 7.17. The van der Waals surface area contributed by atoms with Crippen molar-refractivity contribution in [2.24, 2.45) is 0 Å². The molecule has 0 unspecified atom stereocenters. The van der Waals surface area contributed by atoms with E-state index < -0.39 is 15.7 Å². The highest BCUT2D eigenvalue weighted by Crippen LogP contribution is 2.17. The number of allylic oxidation sites excluding steroid dienone is 1. The SMILES string of the molecule is CC(=Cc1ccc([N+](=O)[O-])o1)[N+](=O)[O-]. The van der Waals surface area contributed by atoms with Gasteiger partial charge >= 0.3 is 5.88 Å². The smallest absolute Gasteiger partial charge is 0.401 e. The Labute approximate surface area is 77.9 Å². The van der Waals surface area contributed by atoms with Crippen LogP contribution < -0.4 is 0 Å². The molecule has 0 aliphatic heterocycles. The molecule has 1 heterocycles. The number of nitro groups is 2. The lowest BCUT2D eigenvalue weighted by atomic mass is 10.3. The van der Waals surface area contributed by atoms with Crippen LogP contribution >= 0.6 is 0 Å². The summed E-state index contributed by atoms with van der Waals surface area (Å²) < 4.78 is 4.69. The molecular formula is C7H6N2O5. The summed E-state index contributed by atoms with van der Waals surface area (Å²) in [6, 6.07) is 2.43. The third kappa shape index (κ3) is 2.16. The summed E-state index contributed by atoms with van der Waals surface area (Å²) in [5, 5.41) is 20.4. The quantitative estimate of drug-likeness (QED) is 0.544. The van der Waals surface area contributed by atoms with Crippen LogP contribution in [-0.4, -0.2) is 9.85 Å². The highest BCUT2D eigenvalue weighted by molar-refractivity contribution is 5.46. The van der Waals surface area contributed by atoms with Crippen molar-refractivity contribution in [1.82, 2.24) is 0 Å². The summed E-state index contributed by atoms with van der Waals surface area (Å²) in [5.41, 5.74) is -0.144. The van der Waals surface area contributed by atoms with Gasteiger partial charge < -0.3 is 4.42 Å². The van der Waals surface area contributed by atoms with E-state index in [4.69, 9.17) is 0 Å². The van der Waals surface area contributed by atoms with Crippen molar-refractivity contribution in [1.29, 1.82) is 0 Å². The first-order chi connectivity index (χ1) is 6.50. The molecule has 0 saturated heterocycles. The first-order valence-corrected chi connectivity index (χ1v) is 3.57. The van der Waals surface area contributed by atoms with Crippen molar-refractivity contribution in [3.05, 3.63) is 43.8 Å². The Balaban J connectivity index is 2.93. The second kappa shape index (κ2) is 3.69. The van der Waals surface area contributed by atoms with Crippen molar-refractivity contribution in [3.8, 4) is 0 Å². The van der Waals surface area contributed by atoms with E-state index in [9.17, 15) is 20.2 Å². The predicted octanol–water partition coefficient (Wildman–Crippen LogP) is 1.83. The minimum Gasteiger partial charge on any atom is -0.401 e. The zero-order chi connectivity index (χ0) is 10.7. The molecule has 0 aromatic carbocycles. The van der Waals surface area contributed by atoms with E-state index in [0.717, 1.165) is 12.1 Å². The molecule has 0 aliphatic rings. The van der Waals surface area contributed by atoms with Gasteiger partial charge in [-0.15, -0.1) is 0 Å². The molecule has 14 heavy (non-hydrogen) atoms. The lowest BCUT2D eigenvalue weighted by Crippen LogP contribution is -1.92. The Morgan fingerprint density at radius 1 is 1.43 bits per heavy atom. The van der Waals surface area contributed by atoms with Gasteiger partial charge in [0.2, 0.25) is 5.70 Å². The first kappa shape index (κ1) is 9.90. The van der Waals surface area contributed by atoms with E-state index in [1.165, 1.54) is 13.0 Å². The van der Waals surface area contributed by atoms with Crippen LogP contribution in [0.15, 0.2) is 22.2 Å². The number of nitrogens with zero attached hydrogens (tertiary/aromatic N) is 2. The standard InChI is InChI=1S/C7H6N2O5/c1-5(8(10)11)4-6-2-3-7(14-6)9(12)13/h2-4H,1H3. The molecule has 0 atom stereocenters. The summed E-state index contributed by atoms with van der Waals surface area (Å²) in [6.07, 6.45) is 1.12. The summed E-state index contributed by atoms with van der Waals surface area (Å²) in [4.78, 5) is 19.1. The van der Waals surface area contributed by atoms with Crippen LogP contribution in [0.25, 0.3) is 6.08 Å². The normalized spacial score (nSPS) is 11.4. The summed E-state index contributed by atoms with van der Waals surface area (Å²) in [5.74, 6) is -0.349. The molecule has 1 rings (SSSR count). The minimum atomic E-state index is -0.709. The molecule has 7 heteroatoms. The second-order valence-electron chi connectivity index (χ2n) is 2.48. The number of hydrogen-bond donors (Lipinski definition) is 0. The van der Waals surface area contributed by atoms with E-state index in [-0.39, 0.29) is 11.5 Å². The van der Waals surface area contributed by atoms with Gasteiger partial charge in [-0.3, -0.25) is 20.2 Å². The average Bonchev–Trinajstić information content (AvgIpc) is 2.52. The first-order valence-electron chi connectivity index (χ1n) is 3.57. The molecule has 74 valence electrons. The maximum atomic E-state index is 10.2. The molecule has 1 aromatic rings. The Morgan fingerprint density at radius 3 is 2.50 bits per heavy atom. The average molecular weight is 198 g/mol. The van der Waals surface area contributed by atoms with Gasteiger partial charge in [-0.2, -0.15) is 0 Å². The van der Waals surface area contributed by atoms with Gasteiger partial charge in [0.1, 0.15) is 10.7 Å². The lowest BCUT2D eigenvalue weighted by molar-refractivity contribution is -0.422. The molecule has 0 spiro atoms. The van der Waals surface area contributed by atoms with Crippen LogP contribution in [0, 0.1) is 20.2 Å². The molecule has 0 saturated carbocycles. The van der Waals surface area contributed by atoms with Gasteiger partial charge in [-0.25, -0.2) is 0 Å². The van der Waals surface area contributed by atoms with Crippen molar-refractivity contribution < 1.29 is 14.3 Å². The molecule has 0 N–H and O–H groups in total. The molecule has 0 aliphatic carbocycles.